The second kappa shape index (κ2) is 11.6. The van der Waals surface area contributed by atoms with Gasteiger partial charge in [-0.3, -0.25) is 0 Å². The second-order valence-electron chi connectivity index (χ2n) is 6.70. The van der Waals surface area contributed by atoms with Gasteiger partial charge in [0.15, 0.2) is 23.3 Å². The van der Waals surface area contributed by atoms with Crippen molar-refractivity contribution in [3.05, 3.63) is 35.5 Å². The molecule has 0 fully saturated rings. The number of nitrogens with zero attached hydrogens (tertiary/aromatic N) is 3. The van der Waals surface area contributed by atoms with Gasteiger partial charge in [-0.2, -0.15) is 5.26 Å². The lowest BCUT2D eigenvalue weighted by atomic mass is 10.1. The number of rotatable bonds is 11. The van der Waals surface area contributed by atoms with Crippen molar-refractivity contribution < 1.29 is 28.2 Å². The fourth-order valence-electron chi connectivity index (χ4n) is 2.78. The number of hydrogen-bond donors (Lipinski definition) is 4. The molecule has 0 saturated carbocycles. The quantitative estimate of drug-likeness (QED) is 0.380. The molecule has 4 N–H and O–H groups in total. The molecule has 10 nitrogen and oxygen atoms in total. The Morgan fingerprint density at radius 3 is 2.62 bits per heavy atom. The molecule has 172 valence electrons. The van der Waals surface area contributed by atoms with Crippen molar-refractivity contribution in [3.8, 4) is 11.9 Å². The van der Waals surface area contributed by atoms with Crippen LogP contribution in [-0.2, 0) is 4.74 Å². The van der Waals surface area contributed by atoms with Gasteiger partial charge >= 0.3 is 6.09 Å². The molecule has 0 spiro atoms. The number of anilines is 3. The van der Waals surface area contributed by atoms with Crippen LogP contribution in [0.3, 0.4) is 0 Å². The Kier molecular flexibility index (Phi) is 8.91. The Balaban J connectivity index is 2.25. The summed E-state index contributed by atoms with van der Waals surface area (Å²) < 4.78 is 38.7. The van der Waals surface area contributed by atoms with E-state index < -0.39 is 29.8 Å². The van der Waals surface area contributed by atoms with Crippen molar-refractivity contribution in [3.63, 3.8) is 0 Å². The summed E-state index contributed by atoms with van der Waals surface area (Å²) in [5.74, 6) is -1.97. The van der Waals surface area contributed by atoms with Crippen molar-refractivity contribution in [1.82, 2.24) is 15.3 Å². The minimum atomic E-state index is -1.21. The Morgan fingerprint density at radius 2 is 2.03 bits per heavy atom. The molecule has 0 saturated heterocycles. The van der Waals surface area contributed by atoms with E-state index in [0.29, 0.717) is 6.42 Å². The van der Waals surface area contributed by atoms with Gasteiger partial charge in [-0.05, 0) is 19.4 Å². The highest BCUT2D eigenvalue weighted by Gasteiger charge is 2.21. The summed E-state index contributed by atoms with van der Waals surface area (Å²) in [6, 6.07) is 2.88. The number of amides is 1. The molecule has 0 aliphatic heterocycles. The van der Waals surface area contributed by atoms with E-state index in [1.807, 2.05) is 6.07 Å². The Labute approximate surface area is 183 Å². The summed E-state index contributed by atoms with van der Waals surface area (Å²) in [7, 11) is 1.48. The standard InChI is InChI=1S/C20H24F2N6O4/c1-4-16(11(2)25-20(29)30)27-18-14(21)7-12(9-23)17(28-18)26-13-8-15(22)19(24-10-13)32-6-5-31-3/h7-8,10-11,16,25H,4-6H2,1-3H3,(H,29,30)(H2,26,27,28)/t11-,16+/m0/s1. The third kappa shape index (κ3) is 6.64. The SMILES string of the molecule is CC[C@@H](Nc1nc(Nc2cnc(OCCOC)c(F)c2)c(C#N)cc1F)[C@H](C)NC(=O)O. The van der Waals surface area contributed by atoms with Crippen molar-refractivity contribution >= 4 is 23.4 Å². The van der Waals surface area contributed by atoms with Crippen molar-refractivity contribution in [2.75, 3.05) is 31.0 Å². The second-order valence-corrected chi connectivity index (χ2v) is 6.70. The molecule has 0 bridgehead atoms. The van der Waals surface area contributed by atoms with Crippen LogP contribution in [0.4, 0.5) is 30.9 Å². The molecule has 32 heavy (non-hydrogen) atoms. The Bertz CT molecular complexity index is 985. The molecule has 1 amide bonds. The monoisotopic (exact) mass is 450 g/mol. The van der Waals surface area contributed by atoms with E-state index in [0.717, 1.165) is 12.1 Å². The summed E-state index contributed by atoms with van der Waals surface area (Å²) in [5.41, 5.74) is 0.0507. The zero-order valence-electron chi connectivity index (χ0n) is 17.8. The normalized spacial score (nSPS) is 12.4. The average molecular weight is 450 g/mol. The van der Waals surface area contributed by atoms with Gasteiger partial charge in [-0.1, -0.05) is 6.92 Å². The van der Waals surface area contributed by atoms with Crippen LogP contribution in [0.2, 0.25) is 0 Å². The number of carboxylic acid groups (broad SMARTS) is 1. The predicted octanol–water partition coefficient (Wildman–Crippen LogP) is 3.24. The number of carbonyl (C=O) groups is 1. The Hall–Kier alpha value is -3.72. The molecule has 2 rings (SSSR count). The van der Waals surface area contributed by atoms with Crippen LogP contribution >= 0.6 is 0 Å². The summed E-state index contributed by atoms with van der Waals surface area (Å²) in [6.07, 6.45) is 0.529. The maximum Gasteiger partial charge on any atom is 0.404 e. The largest absolute Gasteiger partial charge is 0.473 e. The van der Waals surface area contributed by atoms with Gasteiger partial charge in [-0.25, -0.2) is 23.5 Å². The van der Waals surface area contributed by atoms with Gasteiger partial charge in [0.2, 0.25) is 0 Å². The summed E-state index contributed by atoms with van der Waals surface area (Å²) >= 11 is 0. The molecule has 12 heteroatoms. The molecule has 2 aromatic heterocycles. The number of hydrogen-bond acceptors (Lipinski definition) is 8. The third-order valence-corrected chi connectivity index (χ3v) is 4.41. The summed E-state index contributed by atoms with van der Waals surface area (Å²) in [5, 5.41) is 26.1. The van der Waals surface area contributed by atoms with Gasteiger partial charge in [-0.15, -0.1) is 0 Å². The zero-order valence-corrected chi connectivity index (χ0v) is 17.8. The molecule has 0 unspecified atom stereocenters. The summed E-state index contributed by atoms with van der Waals surface area (Å²) in [4.78, 5) is 18.9. The minimum Gasteiger partial charge on any atom is -0.473 e. The number of halogens is 2. The highest BCUT2D eigenvalue weighted by atomic mass is 19.1. The van der Waals surface area contributed by atoms with E-state index in [4.69, 9.17) is 14.6 Å². The molecule has 0 aliphatic rings. The molecule has 0 aromatic carbocycles. The molecule has 2 heterocycles. The molecule has 0 radical (unpaired) electrons. The van der Waals surface area contributed by atoms with E-state index in [-0.39, 0.29) is 42.0 Å². The zero-order chi connectivity index (χ0) is 23.7. The molecule has 0 aliphatic carbocycles. The Morgan fingerprint density at radius 1 is 1.28 bits per heavy atom. The fourth-order valence-corrected chi connectivity index (χ4v) is 2.78. The molecule has 2 aromatic rings. The summed E-state index contributed by atoms with van der Waals surface area (Å²) in [6.45, 7) is 3.80. The van der Waals surface area contributed by atoms with Crippen molar-refractivity contribution in [2.24, 2.45) is 0 Å². The van der Waals surface area contributed by atoms with Crippen molar-refractivity contribution in [1.29, 1.82) is 5.26 Å². The number of pyridine rings is 2. The average Bonchev–Trinajstić information content (AvgIpc) is 2.74. The van der Waals surface area contributed by atoms with Crippen LogP contribution < -0.4 is 20.7 Å². The number of nitrogens with one attached hydrogen (secondary N) is 3. The molecular weight excluding hydrogens is 426 g/mol. The number of nitriles is 1. The lowest BCUT2D eigenvalue weighted by Crippen LogP contribution is -2.44. The van der Waals surface area contributed by atoms with Crippen LogP contribution in [0.15, 0.2) is 18.3 Å². The van der Waals surface area contributed by atoms with E-state index in [1.165, 1.54) is 13.3 Å². The number of methoxy groups -OCH3 is 1. The first-order valence-corrected chi connectivity index (χ1v) is 9.69. The first-order valence-electron chi connectivity index (χ1n) is 9.69. The maximum absolute atomic E-state index is 14.5. The highest BCUT2D eigenvalue weighted by molar-refractivity contribution is 5.66. The maximum atomic E-state index is 14.5. The fraction of sp³-hybridized carbons (Fsp3) is 0.400. The number of ether oxygens (including phenoxy) is 2. The predicted molar refractivity (Wildman–Crippen MR) is 112 cm³/mol. The smallest absolute Gasteiger partial charge is 0.404 e. The van der Waals surface area contributed by atoms with E-state index in [2.05, 4.69) is 25.9 Å². The van der Waals surface area contributed by atoms with E-state index >= 15 is 0 Å². The van der Waals surface area contributed by atoms with Gasteiger partial charge in [0.1, 0.15) is 12.7 Å². The van der Waals surface area contributed by atoms with Crippen LogP contribution in [-0.4, -0.2) is 53.6 Å². The van der Waals surface area contributed by atoms with Crippen LogP contribution in [0.5, 0.6) is 5.88 Å². The molecular formula is C20H24F2N6O4. The first-order chi connectivity index (χ1) is 15.3. The third-order valence-electron chi connectivity index (χ3n) is 4.41. The van der Waals surface area contributed by atoms with Gasteiger partial charge < -0.3 is 30.5 Å². The van der Waals surface area contributed by atoms with E-state index in [9.17, 15) is 18.8 Å². The minimum absolute atomic E-state index is 0.0284. The van der Waals surface area contributed by atoms with Gasteiger partial charge in [0.05, 0.1) is 24.1 Å². The van der Waals surface area contributed by atoms with Crippen LogP contribution in [0.1, 0.15) is 25.8 Å². The van der Waals surface area contributed by atoms with E-state index in [1.54, 1.807) is 13.8 Å². The molecule has 2 atom stereocenters. The van der Waals surface area contributed by atoms with Gasteiger partial charge in [0.25, 0.3) is 5.88 Å². The number of aromatic nitrogens is 2. The lowest BCUT2D eigenvalue weighted by Gasteiger charge is -2.25. The lowest BCUT2D eigenvalue weighted by molar-refractivity contribution is 0.141. The van der Waals surface area contributed by atoms with Gasteiger partial charge in [0, 0.05) is 25.3 Å². The van der Waals surface area contributed by atoms with Crippen LogP contribution in [0.25, 0.3) is 0 Å². The van der Waals surface area contributed by atoms with Crippen molar-refractivity contribution in [2.45, 2.75) is 32.4 Å². The highest BCUT2D eigenvalue weighted by Crippen LogP contribution is 2.26. The topological polar surface area (TPSA) is 141 Å². The first kappa shape index (κ1) is 24.5. The van der Waals surface area contributed by atoms with Crippen LogP contribution in [0, 0.1) is 23.0 Å².